The molecule has 5 aromatic rings. The molecule has 0 spiro atoms. The van der Waals surface area contributed by atoms with Crippen molar-refractivity contribution >= 4 is 50.3 Å². The first kappa shape index (κ1) is 26.3. The van der Waals surface area contributed by atoms with E-state index >= 15 is 0 Å². The number of fused-ring (bicyclic) bond motifs is 1. The van der Waals surface area contributed by atoms with Crippen LogP contribution in [0.1, 0.15) is 23.1 Å². The van der Waals surface area contributed by atoms with Crippen molar-refractivity contribution in [3.63, 3.8) is 0 Å². The fraction of sp³-hybridized carbons (Fsp3) is 0.148. The number of benzene rings is 3. The Kier molecular flexibility index (Phi) is 8.13. The molecular weight excluding hydrogens is 539 g/mol. The summed E-state index contributed by atoms with van der Waals surface area (Å²) in [5, 5.41) is 15.1. The fourth-order valence-electron chi connectivity index (χ4n) is 3.73. The summed E-state index contributed by atoms with van der Waals surface area (Å²) in [4.78, 5) is 29.7. The molecule has 0 saturated heterocycles. The molecule has 0 radical (unpaired) electrons. The number of nitrogens with zero attached hydrogens (tertiary/aromatic N) is 4. The first-order chi connectivity index (χ1) is 19.0. The van der Waals surface area contributed by atoms with Gasteiger partial charge in [-0.2, -0.15) is 0 Å². The standard InChI is InChI=1S/C27H23FN6O3S2/c1-2-37-20-12-10-19(11-13-20)34-23(15-29-25(36)17-6-5-7-18(28)14-17)32-33-27(34)38-16-24(35)31-26-30-21-8-3-4-9-22(21)39-26/h3-14H,2,15-16H2,1H3,(H,29,36)(H,30,31,35). The number of thiazole rings is 1. The van der Waals surface area contributed by atoms with Gasteiger partial charge in [0.25, 0.3) is 5.91 Å². The largest absolute Gasteiger partial charge is 0.494 e. The van der Waals surface area contributed by atoms with Crippen molar-refractivity contribution in [2.75, 3.05) is 17.7 Å². The molecule has 0 fully saturated rings. The van der Waals surface area contributed by atoms with Gasteiger partial charge >= 0.3 is 0 Å². The molecule has 2 aromatic heterocycles. The highest BCUT2D eigenvalue weighted by Crippen LogP contribution is 2.27. The monoisotopic (exact) mass is 562 g/mol. The van der Waals surface area contributed by atoms with Crippen LogP contribution in [-0.4, -0.2) is 43.9 Å². The average Bonchev–Trinajstić information content (AvgIpc) is 3.54. The van der Waals surface area contributed by atoms with Gasteiger partial charge in [-0.1, -0.05) is 41.3 Å². The molecule has 39 heavy (non-hydrogen) atoms. The first-order valence-corrected chi connectivity index (χ1v) is 13.8. The average molecular weight is 563 g/mol. The second-order valence-electron chi connectivity index (χ2n) is 8.18. The van der Waals surface area contributed by atoms with Crippen LogP contribution in [0.2, 0.25) is 0 Å². The molecular formula is C27H23FN6O3S2. The number of rotatable bonds is 10. The molecule has 9 nitrogen and oxygen atoms in total. The van der Waals surface area contributed by atoms with E-state index in [1.807, 2.05) is 55.5 Å². The smallest absolute Gasteiger partial charge is 0.251 e. The van der Waals surface area contributed by atoms with E-state index in [0.717, 1.165) is 22.0 Å². The zero-order chi connectivity index (χ0) is 27.2. The van der Waals surface area contributed by atoms with Gasteiger partial charge in [0.05, 0.1) is 29.1 Å². The Morgan fingerprint density at radius 3 is 2.64 bits per heavy atom. The van der Waals surface area contributed by atoms with Gasteiger partial charge in [-0.05, 0) is 61.5 Å². The Labute approximate surface area is 231 Å². The number of aromatic nitrogens is 4. The maximum atomic E-state index is 13.6. The van der Waals surface area contributed by atoms with E-state index in [4.69, 9.17) is 4.74 Å². The van der Waals surface area contributed by atoms with Crippen LogP contribution in [0.4, 0.5) is 9.52 Å². The molecule has 0 atom stereocenters. The van der Waals surface area contributed by atoms with Gasteiger partial charge in [-0.3, -0.25) is 14.2 Å². The van der Waals surface area contributed by atoms with E-state index in [9.17, 15) is 14.0 Å². The van der Waals surface area contributed by atoms with Gasteiger partial charge in [0, 0.05) is 11.3 Å². The molecule has 0 aliphatic rings. The molecule has 2 amide bonds. The Hall–Kier alpha value is -4.29. The third kappa shape index (κ3) is 6.41. The third-order valence-electron chi connectivity index (χ3n) is 5.47. The van der Waals surface area contributed by atoms with Crippen LogP contribution in [0.5, 0.6) is 5.75 Å². The highest BCUT2D eigenvalue weighted by atomic mass is 32.2. The summed E-state index contributed by atoms with van der Waals surface area (Å²) >= 11 is 2.61. The van der Waals surface area contributed by atoms with E-state index in [-0.39, 0.29) is 23.8 Å². The predicted molar refractivity (Wildman–Crippen MR) is 149 cm³/mol. The molecule has 0 unspecified atom stereocenters. The molecule has 5 rings (SSSR count). The van der Waals surface area contributed by atoms with Crippen molar-refractivity contribution in [3.8, 4) is 11.4 Å². The zero-order valence-corrected chi connectivity index (χ0v) is 22.4. The Morgan fingerprint density at radius 1 is 1.05 bits per heavy atom. The number of hydrogen-bond acceptors (Lipinski definition) is 8. The highest BCUT2D eigenvalue weighted by Gasteiger charge is 2.18. The molecule has 0 aliphatic heterocycles. The number of carbonyl (C=O) groups is 2. The van der Waals surface area contributed by atoms with E-state index < -0.39 is 11.7 Å². The van der Waals surface area contributed by atoms with E-state index in [1.54, 1.807) is 4.57 Å². The number of nitrogens with one attached hydrogen (secondary N) is 2. The van der Waals surface area contributed by atoms with Crippen LogP contribution in [0.15, 0.2) is 78.0 Å². The lowest BCUT2D eigenvalue weighted by molar-refractivity contribution is -0.113. The second-order valence-corrected chi connectivity index (χ2v) is 10.2. The summed E-state index contributed by atoms with van der Waals surface area (Å²) in [6.45, 7) is 2.48. The number of carbonyl (C=O) groups excluding carboxylic acids is 2. The van der Waals surface area contributed by atoms with Crippen molar-refractivity contribution in [2.45, 2.75) is 18.6 Å². The number of amides is 2. The van der Waals surface area contributed by atoms with Crippen molar-refractivity contribution in [2.24, 2.45) is 0 Å². The molecule has 198 valence electrons. The van der Waals surface area contributed by atoms with Crippen LogP contribution in [-0.2, 0) is 11.3 Å². The molecule has 0 bridgehead atoms. The van der Waals surface area contributed by atoms with E-state index in [2.05, 4.69) is 25.8 Å². The van der Waals surface area contributed by atoms with Crippen molar-refractivity contribution in [3.05, 3.63) is 90.0 Å². The van der Waals surface area contributed by atoms with Crippen molar-refractivity contribution < 1.29 is 18.7 Å². The fourth-order valence-corrected chi connectivity index (χ4v) is 5.38. The summed E-state index contributed by atoms with van der Waals surface area (Å²) < 4.78 is 21.8. The van der Waals surface area contributed by atoms with Gasteiger partial charge in [0.15, 0.2) is 16.1 Å². The van der Waals surface area contributed by atoms with Gasteiger partial charge in [0.2, 0.25) is 5.91 Å². The quantitative estimate of drug-likeness (QED) is 0.229. The molecule has 3 aromatic carbocycles. The maximum Gasteiger partial charge on any atom is 0.251 e. The maximum absolute atomic E-state index is 13.6. The lowest BCUT2D eigenvalue weighted by Gasteiger charge is -2.12. The number of halogens is 1. The number of ether oxygens (including phenoxy) is 1. The zero-order valence-electron chi connectivity index (χ0n) is 20.8. The minimum absolute atomic E-state index is 0.0357. The van der Waals surface area contributed by atoms with Crippen LogP contribution >= 0.6 is 23.1 Å². The molecule has 0 aliphatic carbocycles. The van der Waals surface area contributed by atoms with Gasteiger partial charge in [-0.25, -0.2) is 9.37 Å². The van der Waals surface area contributed by atoms with Crippen LogP contribution < -0.4 is 15.4 Å². The van der Waals surface area contributed by atoms with Crippen LogP contribution in [0.3, 0.4) is 0 Å². The number of anilines is 1. The number of para-hydroxylation sites is 1. The third-order valence-corrected chi connectivity index (χ3v) is 7.35. The summed E-state index contributed by atoms with van der Waals surface area (Å²) in [5.74, 6) is 0.0444. The highest BCUT2D eigenvalue weighted by molar-refractivity contribution is 7.99. The van der Waals surface area contributed by atoms with Crippen molar-refractivity contribution in [1.29, 1.82) is 0 Å². The minimum atomic E-state index is -0.497. The number of hydrogen-bond donors (Lipinski definition) is 2. The van der Waals surface area contributed by atoms with Crippen LogP contribution in [0, 0.1) is 5.82 Å². The molecule has 2 N–H and O–H groups in total. The molecule has 12 heteroatoms. The van der Waals surface area contributed by atoms with E-state index in [0.29, 0.717) is 28.5 Å². The molecule has 0 saturated carbocycles. The summed E-state index contributed by atoms with van der Waals surface area (Å²) in [6, 6.07) is 20.4. The predicted octanol–water partition coefficient (Wildman–Crippen LogP) is 5.08. The van der Waals surface area contributed by atoms with Gasteiger partial charge < -0.3 is 15.4 Å². The summed E-state index contributed by atoms with van der Waals surface area (Å²) in [5.41, 5.74) is 1.75. The Bertz CT molecular complexity index is 1590. The normalized spacial score (nSPS) is 10.9. The van der Waals surface area contributed by atoms with Gasteiger partial charge in [-0.15, -0.1) is 10.2 Å². The van der Waals surface area contributed by atoms with Gasteiger partial charge in [0.1, 0.15) is 11.6 Å². The summed E-state index contributed by atoms with van der Waals surface area (Å²) in [6.07, 6.45) is 0. The lowest BCUT2D eigenvalue weighted by atomic mass is 10.2. The lowest BCUT2D eigenvalue weighted by Crippen LogP contribution is -2.24. The Morgan fingerprint density at radius 2 is 1.87 bits per heavy atom. The summed E-state index contributed by atoms with van der Waals surface area (Å²) in [7, 11) is 0. The second kappa shape index (κ2) is 12.0. The Balaban J connectivity index is 1.32. The minimum Gasteiger partial charge on any atom is -0.494 e. The SMILES string of the molecule is CCOc1ccc(-n2c(CNC(=O)c3cccc(F)c3)nnc2SCC(=O)Nc2nc3ccccc3s2)cc1. The topological polar surface area (TPSA) is 111 Å². The molecule has 2 heterocycles. The number of thioether (sulfide) groups is 1. The van der Waals surface area contributed by atoms with Crippen molar-refractivity contribution in [1.82, 2.24) is 25.1 Å². The van der Waals surface area contributed by atoms with Crippen LogP contribution in [0.25, 0.3) is 15.9 Å². The van der Waals surface area contributed by atoms with E-state index in [1.165, 1.54) is 41.3 Å². The first-order valence-electron chi connectivity index (χ1n) is 12.0.